The highest BCUT2D eigenvalue weighted by Crippen LogP contribution is 2.21. The molecule has 1 fully saturated rings. The second kappa shape index (κ2) is 6.06. The smallest absolute Gasteiger partial charge is 0.343 e. The molecule has 2 aliphatic heterocycles. The van der Waals surface area contributed by atoms with Crippen molar-refractivity contribution in [1.82, 2.24) is 9.91 Å². The first-order valence-corrected chi connectivity index (χ1v) is 6.90. The summed E-state index contributed by atoms with van der Waals surface area (Å²) >= 11 is 0. The molecule has 2 aliphatic rings. The molecule has 0 aromatic heterocycles. The van der Waals surface area contributed by atoms with Gasteiger partial charge in [0.1, 0.15) is 6.67 Å². The minimum Gasteiger partial charge on any atom is -0.378 e. The molecule has 1 aromatic carbocycles. The number of hydrogen-bond donors (Lipinski definition) is 1. The van der Waals surface area contributed by atoms with E-state index in [2.05, 4.69) is 10.4 Å². The maximum absolute atomic E-state index is 12.3. The van der Waals surface area contributed by atoms with E-state index in [0.717, 1.165) is 11.3 Å². The van der Waals surface area contributed by atoms with Crippen LogP contribution < -0.4 is 10.7 Å². The Morgan fingerprint density at radius 1 is 1.29 bits per heavy atom. The van der Waals surface area contributed by atoms with Crippen LogP contribution in [0, 0.1) is 0 Å². The number of carbonyl (C=O) groups excluding carboxylic acids is 1. The Morgan fingerprint density at radius 2 is 2.10 bits per heavy atom. The predicted molar refractivity (Wildman–Crippen MR) is 76.2 cm³/mol. The van der Waals surface area contributed by atoms with Gasteiger partial charge in [-0.05, 0) is 28.1 Å². The quantitative estimate of drug-likeness (QED) is 0.879. The van der Waals surface area contributed by atoms with E-state index in [-0.39, 0.29) is 6.03 Å². The maximum Gasteiger partial charge on any atom is 0.343 e. The van der Waals surface area contributed by atoms with Gasteiger partial charge in [0.25, 0.3) is 0 Å². The van der Waals surface area contributed by atoms with Gasteiger partial charge in [-0.3, -0.25) is 0 Å². The van der Waals surface area contributed by atoms with Gasteiger partial charge in [-0.2, -0.15) is 5.01 Å². The molecular weight excluding hydrogens is 272 g/mol. The summed E-state index contributed by atoms with van der Waals surface area (Å²) in [5.74, 6) is 0. The fraction of sp³-hybridized carbons (Fsp3) is 0.462. The zero-order chi connectivity index (χ0) is 14.7. The lowest BCUT2D eigenvalue weighted by Crippen LogP contribution is -2.47. The summed E-state index contributed by atoms with van der Waals surface area (Å²) in [7, 11) is 0. The van der Waals surface area contributed by atoms with Gasteiger partial charge in [0, 0.05) is 19.6 Å². The standard InChI is InChI=1S/C13H18N6O2/c14-9-11-2-1-3-12(8-11)18-10-19(16-15-18)13(20)17-4-6-21-7-5-17/h1-3,8H,4-7,9-10,14H2. The molecule has 8 heteroatoms. The third kappa shape index (κ3) is 2.96. The van der Waals surface area contributed by atoms with Gasteiger partial charge in [0.05, 0.1) is 18.9 Å². The van der Waals surface area contributed by atoms with Crippen molar-refractivity contribution in [2.24, 2.45) is 16.2 Å². The van der Waals surface area contributed by atoms with Crippen LogP contribution in [0.25, 0.3) is 0 Å². The lowest BCUT2D eigenvalue weighted by molar-refractivity contribution is 0.0443. The molecule has 0 bridgehead atoms. The van der Waals surface area contributed by atoms with E-state index < -0.39 is 0 Å². The largest absolute Gasteiger partial charge is 0.378 e. The second-order valence-corrected chi connectivity index (χ2v) is 4.88. The van der Waals surface area contributed by atoms with Gasteiger partial charge in [-0.25, -0.2) is 9.80 Å². The molecule has 3 rings (SSSR count). The molecule has 1 aromatic rings. The number of carbonyl (C=O) groups is 1. The van der Waals surface area contributed by atoms with Gasteiger partial charge < -0.3 is 15.4 Å². The van der Waals surface area contributed by atoms with Crippen LogP contribution >= 0.6 is 0 Å². The third-order valence-corrected chi connectivity index (χ3v) is 3.47. The highest BCUT2D eigenvalue weighted by molar-refractivity contribution is 5.74. The van der Waals surface area contributed by atoms with Crippen LogP contribution in [0.5, 0.6) is 0 Å². The normalized spacial score (nSPS) is 18.4. The van der Waals surface area contributed by atoms with E-state index in [1.807, 2.05) is 24.3 Å². The predicted octanol–water partition coefficient (Wildman–Crippen LogP) is 0.959. The third-order valence-electron chi connectivity index (χ3n) is 3.47. The Balaban J connectivity index is 1.65. The van der Waals surface area contributed by atoms with Gasteiger partial charge in [-0.1, -0.05) is 12.1 Å². The minimum atomic E-state index is -0.139. The van der Waals surface area contributed by atoms with E-state index in [1.54, 1.807) is 9.91 Å². The minimum absolute atomic E-state index is 0.139. The zero-order valence-electron chi connectivity index (χ0n) is 11.7. The van der Waals surface area contributed by atoms with Gasteiger partial charge >= 0.3 is 6.03 Å². The van der Waals surface area contributed by atoms with Crippen LogP contribution in [0.15, 0.2) is 34.7 Å². The summed E-state index contributed by atoms with van der Waals surface area (Å²) in [6.07, 6.45) is 0. The molecule has 1 saturated heterocycles. The number of nitrogens with zero attached hydrogens (tertiary/aromatic N) is 5. The molecule has 2 amide bonds. The number of ether oxygens (including phenoxy) is 1. The molecule has 0 atom stereocenters. The van der Waals surface area contributed by atoms with Crippen molar-refractivity contribution in [1.29, 1.82) is 0 Å². The zero-order valence-corrected chi connectivity index (χ0v) is 11.7. The van der Waals surface area contributed by atoms with Crippen LogP contribution in [0.3, 0.4) is 0 Å². The highest BCUT2D eigenvalue weighted by atomic mass is 16.5. The lowest BCUT2D eigenvalue weighted by atomic mass is 10.2. The summed E-state index contributed by atoms with van der Waals surface area (Å²) in [4.78, 5) is 14.0. The first kappa shape index (κ1) is 13.8. The van der Waals surface area contributed by atoms with Gasteiger partial charge in [0.2, 0.25) is 0 Å². The van der Waals surface area contributed by atoms with E-state index in [4.69, 9.17) is 10.5 Å². The summed E-state index contributed by atoms with van der Waals surface area (Å²) in [5, 5.41) is 11.0. The SMILES string of the molecule is NCc1cccc(N2CN(C(=O)N3CCOCC3)N=N2)c1. The number of hydrogen-bond acceptors (Lipinski definition) is 6. The Labute approximate surface area is 122 Å². The number of nitrogens with two attached hydrogens (primary N) is 1. The Kier molecular flexibility index (Phi) is 3.98. The van der Waals surface area contributed by atoms with Gasteiger partial charge in [-0.15, -0.1) is 0 Å². The Bertz CT molecular complexity index is 543. The molecular formula is C13H18N6O2. The first-order chi connectivity index (χ1) is 10.3. The summed E-state index contributed by atoms with van der Waals surface area (Å²) in [5.41, 5.74) is 7.52. The maximum atomic E-state index is 12.3. The van der Waals surface area contributed by atoms with Crippen LogP contribution in [-0.4, -0.2) is 48.9 Å². The van der Waals surface area contributed by atoms with Crippen molar-refractivity contribution in [3.63, 3.8) is 0 Å². The van der Waals surface area contributed by atoms with Crippen molar-refractivity contribution in [2.75, 3.05) is 38.0 Å². The molecule has 2 heterocycles. The van der Waals surface area contributed by atoms with Crippen molar-refractivity contribution in [3.05, 3.63) is 29.8 Å². The number of anilines is 1. The lowest BCUT2D eigenvalue weighted by Gasteiger charge is -2.28. The van der Waals surface area contributed by atoms with Crippen molar-refractivity contribution >= 4 is 11.7 Å². The summed E-state index contributed by atoms with van der Waals surface area (Å²) in [6, 6.07) is 7.59. The molecule has 21 heavy (non-hydrogen) atoms. The highest BCUT2D eigenvalue weighted by Gasteiger charge is 2.28. The van der Waals surface area contributed by atoms with Crippen molar-refractivity contribution in [2.45, 2.75) is 6.54 Å². The molecule has 2 N–H and O–H groups in total. The number of urea groups is 1. The number of benzene rings is 1. The average Bonchev–Trinajstić information content (AvgIpc) is 3.05. The average molecular weight is 290 g/mol. The van der Waals surface area contributed by atoms with Gasteiger partial charge in [0.15, 0.2) is 0 Å². The molecule has 112 valence electrons. The Morgan fingerprint density at radius 3 is 2.86 bits per heavy atom. The van der Waals surface area contributed by atoms with Crippen molar-refractivity contribution in [3.8, 4) is 0 Å². The summed E-state index contributed by atoms with van der Waals surface area (Å²) < 4.78 is 5.24. The number of amides is 2. The molecule has 0 saturated carbocycles. The van der Waals surface area contributed by atoms with Crippen molar-refractivity contribution < 1.29 is 9.53 Å². The molecule has 0 spiro atoms. The number of rotatable bonds is 2. The Hall–Kier alpha value is -2.19. The fourth-order valence-corrected chi connectivity index (χ4v) is 2.27. The summed E-state index contributed by atoms with van der Waals surface area (Å²) in [6.45, 7) is 3.10. The van der Waals surface area contributed by atoms with E-state index in [0.29, 0.717) is 39.5 Å². The molecule has 0 aliphatic carbocycles. The molecule has 0 unspecified atom stereocenters. The fourth-order valence-electron chi connectivity index (χ4n) is 2.27. The molecule has 8 nitrogen and oxygen atoms in total. The monoisotopic (exact) mass is 290 g/mol. The van der Waals surface area contributed by atoms with E-state index >= 15 is 0 Å². The topological polar surface area (TPSA) is 86.8 Å². The van der Waals surface area contributed by atoms with Crippen LogP contribution in [-0.2, 0) is 11.3 Å². The van der Waals surface area contributed by atoms with E-state index in [1.165, 1.54) is 5.01 Å². The second-order valence-electron chi connectivity index (χ2n) is 4.88. The van der Waals surface area contributed by atoms with Crippen LogP contribution in [0.1, 0.15) is 5.56 Å². The molecule has 0 radical (unpaired) electrons. The van der Waals surface area contributed by atoms with E-state index in [9.17, 15) is 4.79 Å². The van der Waals surface area contributed by atoms with Crippen LogP contribution in [0.2, 0.25) is 0 Å². The number of morpholine rings is 1. The van der Waals surface area contributed by atoms with Crippen LogP contribution in [0.4, 0.5) is 10.5 Å². The first-order valence-electron chi connectivity index (χ1n) is 6.90.